The molecule has 0 bridgehead atoms. The van der Waals surface area contributed by atoms with Crippen LogP contribution in [0.5, 0.6) is 0 Å². The van der Waals surface area contributed by atoms with Gasteiger partial charge in [-0.25, -0.2) is 18.9 Å². The van der Waals surface area contributed by atoms with Crippen molar-refractivity contribution >= 4 is 40.7 Å². The van der Waals surface area contributed by atoms with Crippen LogP contribution >= 0.6 is 11.6 Å². The van der Waals surface area contributed by atoms with Crippen LogP contribution in [0.2, 0.25) is 5.02 Å². The van der Waals surface area contributed by atoms with Crippen molar-refractivity contribution in [3.05, 3.63) is 76.7 Å². The van der Waals surface area contributed by atoms with E-state index in [1.165, 1.54) is 35.6 Å². The van der Waals surface area contributed by atoms with Gasteiger partial charge in [0, 0.05) is 18.9 Å². The van der Waals surface area contributed by atoms with E-state index in [0.29, 0.717) is 35.9 Å². The Morgan fingerprint density at radius 3 is 2.62 bits per heavy atom. The predicted octanol–water partition coefficient (Wildman–Crippen LogP) is 5.37. The summed E-state index contributed by atoms with van der Waals surface area (Å²) >= 11 is 5.98. The number of carboxylic acid groups (broad SMARTS) is 1. The Morgan fingerprint density at radius 1 is 1.07 bits per heavy atom. The number of aromatic carboxylic acids is 1. The predicted molar refractivity (Wildman–Crippen MR) is 154 cm³/mol. The maximum Gasteiger partial charge on any atom is 0.356 e. The number of fused-ring (bicyclic) bond motifs is 1. The van der Waals surface area contributed by atoms with Crippen molar-refractivity contribution in [1.82, 2.24) is 24.1 Å². The number of rotatable bonds is 6. The second-order valence-corrected chi connectivity index (χ2v) is 11.4. The van der Waals surface area contributed by atoms with Gasteiger partial charge in [0.1, 0.15) is 17.4 Å². The maximum absolute atomic E-state index is 14.8. The summed E-state index contributed by atoms with van der Waals surface area (Å²) in [6, 6.07) is 7.18. The molecule has 12 heteroatoms. The molecule has 10 nitrogen and oxygen atoms in total. The van der Waals surface area contributed by atoms with Gasteiger partial charge in [-0.1, -0.05) is 49.8 Å². The van der Waals surface area contributed by atoms with Crippen LogP contribution in [0, 0.1) is 24.6 Å². The van der Waals surface area contributed by atoms with Crippen LogP contribution in [0.15, 0.2) is 48.9 Å². The summed E-state index contributed by atoms with van der Waals surface area (Å²) < 4.78 is 17.7. The lowest BCUT2D eigenvalue weighted by molar-refractivity contribution is -0.121. The number of carbonyl (C=O) groups excluding carboxylic acids is 2. The molecule has 0 unspecified atom stereocenters. The summed E-state index contributed by atoms with van der Waals surface area (Å²) in [5.74, 6) is -2.10. The SMILES string of the molecule is Cc1c(C(=O)N2CC[C@@H](C3CCCCC3)[C@H]2C(=O)Nc2ccc3nc(C(=O)O)cn3c2)cnn1-c1cccc(Cl)c1F. The van der Waals surface area contributed by atoms with E-state index in [9.17, 15) is 23.9 Å². The van der Waals surface area contributed by atoms with Crippen LogP contribution in [0.3, 0.4) is 0 Å². The summed E-state index contributed by atoms with van der Waals surface area (Å²) in [6.07, 6.45) is 10.5. The Kier molecular flexibility index (Phi) is 7.44. The van der Waals surface area contributed by atoms with Crippen LogP contribution in [-0.2, 0) is 4.79 Å². The van der Waals surface area contributed by atoms with Crippen molar-refractivity contribution < 1.29 is 23.9 Å². The highest BCUT2D eigenvalue weighted by Gasteiger charge is 2.46. The van der Waals surface area contributed by atoms with Gasteiger partial charge in [0.05, 0.1) is 28.2 Å². The van der Waals surface area contributed by atoms with Gasteiger partial charge in [-0.15, -0.1) is 0 Å². The molecule has 2 amide bonds. The Bertz CT molecular complexity index is 1690. The summed E-state index contributed by atoms with van der Waals surface area (Å²) in [5.41, 5.74) is 1.67. The number of halogens is 2. The molecule has 0 radical (unpaired) electrons. The van der Waals surface area contributed by atoms with Crippen LogP contribution in [0.25, 0.3) is 11.3 Å². The molecule has 1 saturated heterocycles. The number of amides is 2. The highest BCUT2D eigenvalue weighted by atomic mass is 35.5. The van der Waals surface area contributed by atoms with Gasteiger partial charge in [-0.05, 0) is 49.4 Å². The van der Waals surface area contributed by atoms with Crippen LogP contribution in [0.4, 0.5) is 10.1 Å². The lowest BCUT2D eigenvalue weighted by Crippen LogP contribution is -2.47. The number of aromatic nitrogens is 4. The first-order chi connectivity index (χ1) is 20.2. The van der Waals surface area contributed by atoms with Crippen molar-refractivity contribution in [1.29, 1.82) is 0 Å². The summed E-state index contributed by atoms with van der Waals surface area (Å²) in [7, 11) is 0. The molecule has 4 aromatic rings. The molecule has 42 heavy (non-hydrogen) atoms. The third kappa shape index (κ3) is 5.02. The van der Waals surface area contributed by atoms with Gasteiger partial charge in [0.15, 0.2) is 11.5 Å². The summed E-state index contributed by atoms with van der Waals surface area (Å²) in [5, 5.41) is 16.5. The van der Waals surface area contributed by atoms with E-state index in [1.807, 2.05) is 0 Å². The molecule has 1 aliphatic carbocycles. The van der Waals surface area contributed by atoms with Crippen LogP contribution in [0.1, 0.15) is 65.1 Å². The zero-order valence-corrected chi connectivity index (χ0v) is 23.7. The van der Waals surface area contributed by atoms with Gasteiger partial charge in [-0.3, -0.25) is 9.59 Å². The van der Waals surface area contributed by atoms with E-state index in [4.69, 9.17) is 11.6 Å². The molecule has 2 atom stereocenters. The molecule has 2 aliphatic rings. The first-order valence-electron chi connectivity index (χ1n) is 14.1. The monoisotopic (exact) mass is 592 g/mol. The third-order valence-electron chi connectivity index (χ3n) is 8.57. The van der Waals surface area contributed by atoms with E-state index < -0.39 is 17.8 Å². The molecule has 2 N–H and O–H groups in total. The van der Waals surface area contributed by atoms with Crippen molar-refractivity contribution in [2.24, 2.45) is 11.8 Å². The van der Waals surface area contributed by atoms with E-state index >= 15 is 0 Å². The molecule has 4 heterocycles. The van der Waals surface area contributed by atoms with Crippen LogP contribution in [-0.4, -0.2) is 59.5 Å². The number of anilines is 1. The molecular formula is C30H30ClFN6O4. The minimum absolute atomic E-state index is 0.00874. The van der Waals surface area contributed by atoms with Crippen molar-refractivity contribution in [2.75, 3.05) is 11.9 Å². The number of carbonyl (C=O) groups is 3. The number of hydrogen-bond acceptors (Lipinski definition) is 5. The number of likely N-dealkylation sites (tertiary alicyclic amines) is 1. The zero-order valence-electron chi connectivity index (χ0n) is 23.0. The second kappa shape index (κ2) is 11.2. The first kappa shape index (κ1) is 27.9. The lowest BCUT2D eigenvalue weighted by Gasteiger charge is -2.33. The Hall–Kier alpha value is -4.25. The fourth-order valence-corrected chi connectivity index (χ4v) is 6.66. The molecule has 218 valence electrons. The molecule has 1 saturated carbocycles. The quantitative estimate of drug-likeness (QED) is 0.310. The molecule has 2 fully saturated rings. The Balaban J connectivity index is 1.30. The van der Waals surface area contributed by atoms with Crippen molar-refractivity contribution in [3.63, 3.8) is 0 Å². The smallest absolute Gasteiger partial charge is 0.356 e. The van der Waals surface area contributed by atoms with Gasteiger partial charge < -0.3 is 19.7 Å². The fourth-order valence-electron chi connectivity index (χ4n) is 6.49. The Morgan fingerprint density at radius 2 is 1.86 bits per heavy atom. The van der Waals surface area contributed by atoms with E-state index in [2.05, 4.69) is 15.4 Å². The number of imidazole rings is 1. The third-order valence-corrected chi connectivity index (χ3v) is 8.86. The number of hydrogen-bond donors (Lipinski definition) is 2. The summed E-state index contributed by atoms with van der Waals surface area (Å²) in [4.78, 5) is 45.0. The molecule has 1 aromatic carbocycles. The number of pyridine rings is 1. The molecule has 6 rings (SSSR count). The van der Waals surface area contributed by atoms with Gasteiger partial charge in [-0.2, -0.15) is 5.10 Å². The molecular weight excluding hydrogens is 563 g/mol. The number of carboxylic acids is 1. The van der Waals surface area contributed by atoms with Crippen LogP contribution < -0.4 is 5.32 Å². The topological polar surface area (TPSA) is 122 Å². The minimum Gasteiger partial charge on any atom is -0.476 e. The van der Waals surface area contributed by atoms with E-state index in [-0.39, 0.29) is 39.7 Å². The van der Waals surface area contributed by atoms with Gasteiger partial charge in [0.2, 0.25) is 5.91 Å². The number of nitrogens with one attached hydrogen (secondary N) is 1. The van der Waals surface area contributed by atoms with Gasteiger partial charge in [0.25, 0.3) is 5.91 Å². The normalized spacial score (nSPS) is 19.4. The first-order valence-corrected chi connectivity index (χ1v) is 14.4. The summed E-state index contributed by atoms with van der Waals surface area (Å²) in [6.45, 7) is 2.10. The average molecular weight is 593 g/mol. The lowest BCUT2D eigenvalue weighted by atomic mass is 9.76. The minimum atomic E-state index is -1.14. The number of benzene rings is 1. The molecule has 0 spiro atoms. The zero-order chi connectivity index (χ0) is 29.5. The highest BCUT2D eigenvalue weighted by molar-refractivity contribution is 6.30. The van der Waals surface area contributed by atoms with Gasteiger partial charge >= 0.3 is 5.97 Å². The van der Waals surface area contributed by atoms with E-state index in [1.54, 1.807) is 40.6 Å². The molecule has 3 aromatic heterocycles. The fraction of sp³-hybridized carbons (Fsp3) is 0.367. The molecule has 1 aliphatic heterocycles. The number of nitrogens with zero attached hydrogens (tertiary/aromatic N) is 5. The van der Waals surface area contributed by atoms with E-state index in [0.717, 1.165) is 25.7 Å². The maximum atomic E-state index is 14.8. The standard InChI is InChI=1S/C30H30ClFN6O4/c1-17-21(14-33-38(17)24-9-5-8-22(31)26(24)32)29(40)37-13-12-20(18-6-3-2-4-7-18)27(37)28(39)34-19-10-11-25-35-23(30(41)42)16-36(25)15-19/h5,8-11,14-16,18,20,27H,2-4,6-7,12-13H2,1H3,(H,34,39)(H,41,42)/t20-,27-/m0/s1. The van der Waals surface area contributed by atoms with Crippen molar-refractivity contribution in [2.45, 2.75) is 51.5 Å². The highest BCUT2D eigenvalue weighted by Crippen LogP contribution is 2.40. The Labute approximate surface area is 246 Å². The van der Waals surface area contributed by atoms with Crippen molar-refractivity contribution in [3.8, 4) is 5.69 Å². The largest absolute Gasteiger partial charge is 0.476 e. The second-order valence-electron chi connectivity index (χ2n) is 11.0. The average Bonchev–Trinajstić information content (AvgIpc) is 3.71.